The van der Waals surface area contributed by atoms with E-state index < -0.39 is 0 Å². The van der Waals surface area contributed by atoms with Gasteiger partial charge in [0.1, 0.15) is 0 Å². The molecule has 2 aromatic heterocycles. The van der Waals surface area contributed by atoms with Crippen molar-refractivity contribution in [1.82, 2.24) is 25.4 Å². The van der Waals surface area contributed by atoms with Gasteiger partial charge in [-0.25, -0.2) is 4.68 Å². The molecule has 7 heteroatoms. The van der Waals surface area contributed by atoms with Crippen molar-refractivity contribution in [2.24, 2.45) is 4.99 Å². The molecule has 4 aromatic rings. The van der Waals surface area contributed by atoms with E-state index in [4.69, 9.17) is 0 Å². The Hall–Kier alpha value is -2.94. The standard InChI is InChI=1S/C25H28N6.HI/c1-18-16-19(2)31(30-18)23-12-5-4-8-22(23)17-29-25(26-3)28-15-13-21-10-6-9-20-11-7-14-27-24(20)21;/h4-12,14,16H,13,15,17H2,1-3H3,(H2,26,28,29);1H. The topological polar surface area (TPSA) is 67.1 Å². The molecule has 166 valence electrons. The number of benzene rings is 2. The third-order valence-corrected chi connectivity index (χ3v) is 5.30. The molecule has 0 radical (unpaired) electrons. The number of nitrogens with zero attached hydrogens (tertiary/aromatic N) is 4. The fourth-order valence-electron chi connectivity index (χ4n) is 3.82. The van der Waals surface area contributed by atoms with Gasteiger partial charge >= 0.3 is 0 Å². The van der Waals surface area contributed by atoms with Crippen molar-refractivity contribution in [1.29, 1.82) is 0 Å². The van der Waals surface area contributed by atoms with E-state index in [0.29, 0.717) is 6.54 Å². The molecule has 0 atom stereocenters. The van der Waals surface area contributed by atoms with Crippen LogP contribution >= 0.6 is 24.0 Å². The largest absolute Gasteiger partial charge is 0.356 e. The third kappa shape index (κ3) is 5.45. The minimum atomic E-state index is 0. The molecule has 0 fully saturated rings. The molecule has 32 heavy (non-hydrogen) atoms. The van der Waals surface area contributed by atoms with Crippen LogP contribution in [0.15, 0.2) is 71.9 Å². The van der Waals surface area contributed by atoms with Crippen molar-refractivity contribution in [3.8, 4) is 5.69 Å². The Morgan fingerprint density at radius 2 is 1.75 bits per heavy atom. The Bertz CT molecular complexity index is 1210. The summed E-state index contributed by atoms with van der Waals surface area (Å²) in [7, 11) is 1.79. The number of hydrogen-bond donors (Lipinski definition) is 2. The number of aromatic nitrogens is 3. The van der Waals surface area contributed by atoms with E-state index >= 15 is 0 Å². The van der Waals surface area contributed by atoms with Gasteiger partial charge in [0.05, 0.1) is 16.9 Å². The molecule has 0 bridgehead atoms. The lowest BCUT2D eigenvalue weighted by atomic mass is 10.1. The summed E-state index contributed by atoms with van der Waals surface area (Å²) >= 11 is 0. The summed E-state index contributed by atoms with van der Waals surface area (Å²) in [5, 5.41) is 12.6. The lowest BCUT2D eigenvalue weighted by molar-refractivity contribution is 0.776. The number of nitrogens with one attached hydrogen (secondary N) is 2. The van der Waals surface area contributed by atoms with Gasteiger partial charge in [-0.05, 0) is 49.6 Å². The second-order valence-corrected chi connectivity index (χ2v) is 7.56. The number of aryl methyl sites for hydroxylation is 2. The van der Waals surface area contributed by atoms with Crippen LogP contribution in [0.3, 0.4) is 0 Å². The fourth-order valence-corrected chi connectivity index (χ4v) is 3.82. The monoisotopic (exact) mass is 540 g/mol. The Balaban J connectivity index is 0.00000289. The predicted molar refractivity (Wildman–Crippen MR) is 142 cm³/mol. The Labute approximate surface area is 206 Å². The SMILES string of the molecule is CN=C(NCCc1cccc2cccnc12)NCc1ccccc1-n1nc(C)cc1C.I. The van der Waals surface area contributed by atoms with Gasteiger partial charge in [0.25, 0.3) is 0 Å². The van der Waals surface area contributed by atoms with Gasteiger partial charge in [0, 0.05) is 37.4 Å². The van der Waals surface area contributed by atoms with Gasteiger partial charge in [0.2, 0.25) is 0 Å². The molecule has 0 aliphatic heterocycles. The number of hydrogen-bond acceptors (Lipinski definition) is 3. The van der Waals surface area contributed by atoms with Crippen LogP contribution < -0.4 is 10.6 Å². The average molecular weight is 540 g/mol. The fraction of sp³-hybridized carbons (Fsp3) is 0.240. The number of halogens is 1. The maximum Gasteiger partial charge on any atom is 0.191 e. The number of para-hydroxylation sites is 2. The van der Waals surface area contributed by atoms with Crippen LogP contribution in [0.4, 0.5) is 0 Å². The quantitative estimate of drug-likeness (QED) is 0.214. The molecule has 6 nitrogen and oxygen atoms in total. The third-order valence-electron chi connectivity index (χ3n) is 5.30. The van der Waals surface area contributed by atoms with Crippen molar-refractivity contribution in [2.75, 3.05) is 13.6 Å². The molecule has 0 saturated carbocycles. The number of pyridine rings is 1. The van der Waals surface area contributed by atoms with Crippen molar-refractivity contribution in [3.63, 3.8) is 0 Å². The van der Waals surface area contributed by atoms with Crippen LogP contribution in [0.25, 0.3) is 16.6 Å². The van der Waals surface area contributed by atoms with Crippen LogP contribution in [0, 0.1) is 13.8 Å². The molecule has 2 N–H and O–H groups in total. The molecule has 0 saturated heterocycles. The molecule has 0 spiro atoms. The minimum Gasteiger partial charge on any atom is -0.356 e. The van der Waals surface area contributed by atoms with Crippen LogP contribution in [-0.2, 0) is 13.0 Å². The van der Waals surface area contributed by atoms with Gasteiger partial charge in [-0.1, -0.05) is 42.5 Å². The zero-order valence-electron chi connectivity index (χ0n) is 18.7. The second kappa shape index (κ2) is 11.1. The Morgan fingerprint density at radius 3 is 2.53 bits per heavy atom. The van der Waals surface area contributed by atoms with E-state index in [-0.39, 0.29) is 24.0 Å². The highest BCUT2D eigenvalue weighted by Gasteiger charge is 2.09. The molecule has 2 heterocycles. The van der Waals surface area contributed by atoms with Gasteiger partial charge in [-0.15, -0.1) is 24.0 Å². The predicted octanol–water partition coefficient (Wildman–Crippen LogP) is 4.56. The Morgan fingerprint density at radius 1 is 0.969 bits per heavy atom. The molecule has 4 rings (SSSR count). The summed E-state index contributed by atoms with van der Waals surface area (Å²) in [5.74, 6) is 0.774. The van der Waals surface area contributed by atoms with Gasteiger partial charge in [-0.3, -0.25) is 9.98 Å². The maximum atomic E-state index is 4.63. The number of aliphatic imine (C=N–C) groups is 1. The summed E-state index contributed by atoms with van der Waals surface area (Å²) in [6, 6.07) is 20.8. The van der Waals surface area contributed by atoms with Crippen molar-refractivity contribution in [3.05, 3.63) is 89.4 Å². The zero-order chi connectivity index (χ0) is 21.6. The summed E-state index contributed by atoms with van der Waals surface area (Å²) in [6.07, 6.45) is 2.72. The van der Waals surface area contributed by atoms with E-state index in [9.17, 15) is 0 Å². The number of guanidine groups is 1. The highest BCUT2D eigenvalue weighted by Crippen LogP contribution is 2.17. The molecule has 0 unspecified atom stereocenters. The molecule has 2 aromatic carbocycles. The number of rotatable bonds is 6. The lowest BCUT2D eigenvalue weighted by Gasteiger charge is -2.15. The average Bonchev–Trinajstić information content (AvgIpc) is 3.14. The van der Waals surface area contributed by atoms with Crippen LogP contribution in [0.5, 0.6) is 0 Å². The van der Waals surface area contributed by atoms with Crippen molar-refractivity contribution >= 4 is 40.8 Å². The van der Waals surface area contributed by atoms with E-state index in [1.54, 1.807) is 7.05 Å². The smallest absolute Gasteiger partial charge is 0.191 e. The van der Waals surface area contributed by atoms with E-state index in [1.165, 1.54) is 10.9 Å². The minimum absolute atomic E-state index is 0. The molecular weight excluding hydrogens is 511 g/mol. The first-order valence-electron chi connectivity index (χ1n) is 10.5. The molecule has 0 amide bonds. The van der Waals surface area contributed by atoms with Crippen molar-refractivity contribution in [2.45, 2.75) is 26.8 Å². The van der Waals surface area contributed by atoms with Gasteiger partial charge < -0.3 is 10.6 Å². The van der Waals surface area contributed by atoms with E-state index in [1.807, 2.05) is 29.9 Å². The van der Waals surface area contributed by atoms with E-state index in [0.717, 1.165) is 47.1 Å². The van der Waals surface area contributed by atoms with Crippen LogP contribution in [-0.4, -0.2) is 34.3 Å². The first kappa shape index (κ1) is 23.7. The first-order chi connectivity index (χ1) is 15.2. The zero-order valence-corrected chi connectivity index (χ0v) is 21.0. The number of fused-ring (bicyclic) bond motifs is 1. The maximum absolute atomic E-state index is 4.63. The summed E-state index contributed by atoms with van der Waals surface area (Å²) in [4.78, 5) is 8.92. The van der Waals surface area contributed by atoms with Gasteiger partial charge in [-0.2, -0.15) is 5.10 Å². The van der Waals surface area contributed by atoms with Crippen LogP contribution in [0.1, 0.15) is 22.5 Å². The molecule has 0 aliphatic rings. The summed E-state index contributed by atoms with van der Waals surface area (Å²) in [6.45, 7) is 5.52. The van der Waals surface area contributed by atoms with E-state index in [2.05, 4.69) is 81.2 Å². The second-order valence-electron chi connectivity index (χ2n) is 7.56. The first-order valence-corrected chi connectivity index (χ1v) is 10.5. The lowest BCUT2D eigenvalue weighted by Crippen LogP contribution is -2.38. The molecular formula is C25H29IN6. The highest BCUT2D eigenvalue weighted by atomic mass is 127. The van der Waals surface area contributed by atoms with Crippen molar-refractivity contribution < 1.29 is 0 Å². The summed E-state index contributed by atoms with van der Waals surface area (Å²) < 4.78 is 2.00. The molecule has 0 aliphatic carbocycles. The van der Waals surface area contributed by atoms with Gasteiger partial charge in [0.15, 0.2) is 5.96 Å². The normalized spacial score (nSPS) is 11.3. The Kier molecular flexibility index (Phi) is 8.21. The van der Waals surface area contributed by atoms with Crippen LogP contribution in [0.2, 0.25) is 0 Å². The summed E-state index contributed by atoms with van der Waals surface area (Å²) in [5.41, 5.74) is 6.68. The highest BCUT2D eigenvalue weighted by molar-refractivity contribution is 14.0.